The zero-order chi connectivity index (χ0) is 23.0. The summed E-state index contributed by atoms with van der Waals surface area (Å²) in [6.07, 6.45) is 2.03. The van der Waals surface area contributed by atoms with E-state index in [1.54, 1.807) is 30.5 Å². The standard InChI is InChI=1S/C23H22ClN3O4S/c1-14-11-15(2)22(18(24)12-14)23(28)27-20(21-5-4-10-31-21)13-19(25-27)16-6-8-17(9-7-16)26(3)32(29)30/h4-12,20H,13H2,1-3H3,(H,29,30). The number of benzene rings is 2. The lowest BCUT2D eigenvalue weighted by Crippen LogP contribution is -2.27. The fourth-order valence-corrected chi connectivity index (χ4v) is 4.53. The first-order valence-electron chi connectivity index (χ1n) is 9.92. The summed E-state index contributed by atoms with van der Waals surface area (Å²) in [6, 6.07) is 14.0. The molecule has 4 rings (SSSR count). The molecule has 1 aliphatic rings. The molecule has 0 radical (unpaired) electrons. The Bertz CT molecular complexity index is 1190. The fraction of sp³-hybridized carbons (Fsp3) is 0.217. The van der Waals surface area contributed by atoms with Crippen LogP contribution in [0.3, 0.4) is 0 Å². The maximum absolute atomic E-state index is 13.5. The number of carbonyl (C=O) groups excluding carboxylic acids is 1. The van der Waals surface area contributed by atoms with Gasteiger partial charge in [0.2, 0.25) is 0 Å². The molecule has 2 unspecified atom stereocenters. The minimum atomic E-state index is -2.11. The number of carbonyl (C=O) groups is 1. The summed E-state index contributed by atoms with van der Waals surface area (Å²) in [5.74, 6) is 0.334. The third kappa shape index (κ3) is 4.21. The van der Waals surface area contributed by atoms with Gasteiger partial charge in [-0.05, 0) is 60.9 Å². The van der Waals surface area contributed by atoms with E-state index < -0.39 is 17.3 Å². The Kier molecular flexibility index (Phi) is 6.19. The lowest BCUT2D eigenvalue weighted by atomic mass is 10.0. The third-order valence-electron chi connectivity index (χ3n) is 5.43. The predicted molar refractivity (Wildman–Crippen MR) is 125 cm³/mol. The molecule has 3 aromatic rings. The van der Waals surface area contributed by atoms with Gasteiger partial charge in [-0.1, -0.05) is 29.8 Å². The van der Waals surface area contributed by atoms with Gasteiger partial charge in [-0.2, -0.15) is 5.10 Å². The topological polar surface area (TPSA) is 86.4 Å². The number of nitrogens with zero attached hydrogens (tertiary/aromatic N) is 3. The molecule has 1 aromatic heterocycles. The molecule has 1 N–H and O–H groups in total. The summed E-state index contributed by atoms with van der Waals surface area (Å²) < 4.78 is 27.4. The van der Waals surface area contributed by atoms with Crippen molar-refractivity contribution in [1.29, 1.82) is 0 Å². The molecule has 0 saturated heterocycles. The van der Waals surface area contributed by atoms with E-state index in [0.717, 1.165) is 16.7 Å². The molecule has 1 amide bonds. The minimum Gasteiger partial charge on any atom is -0.467 e. The summed E-state index contributed by atoms with van der Waals surface area (Å²) in [5.41, 5.74) is 4.29. The molecule has 7 nitrogen and oxygen atoms in total. The Morgan fingerprint density at radius 1 is 1.25 bits per heavy atom. The quantitative estimate of drug-likeness (QED) is 0.523. The largest absolute Gasteiger partial charge is 0.467 e. The zero-order valence-corrected chi connectivity index (χ0v) is 19.4. The van der Waals surface area contributed by atoms with E-state index in [4.69, 9.17) is 16.0 Å². The highest BCUT2D eigenvalue weighted by Crippen LogP contribution is 2.36. The lowest BCUT2D eigenvalue weighted by molar-refractivity contribution is 0.0692. The fourth-order valence-electron chi connectivity index (χ4n) is 3.83. The van der Waals surface area contributed by atoms with Crippen LogP contribution in [0.2, 0.25) is 5.02 Å². The molecule has 166 valence electrons. The van der Waals surface area contributed by atoms with Gasteiger partial charge in [0.25, 0.3) is 17.2 Å². The molecule has 9 heteroatoms. The molecule has 32 heavy (non-hydrogen) atoms. The molecule has 0 fully saturated rings. The van der Waals surface area contributed by atoms with Gasteiger partial charge >= 0.3 is 0 Å². The molecule has 1 aliphatic heterocycles. The number of anilines is 1. The molecule has 2 atom stereocenters. The molecule has 0 aliphatic carbocycles. The van der Waals surface area contributed by atoms with Crippen LogP contribution in [0.25, 0.3) is 0 Å². The van der Waals surface area contributed by atoms with Crippen LogP contribution in [0.1, 0.15) is 45.3 Å². The number of amides is 1. The zero-order valence-electron chi connectivity index (χ0n) is 17.8. The van der Waals surface area contributed by atoms with E-state index in [2.05, 4.69) is 5.10 Å². The SMILES string of the molecule is Cc1cc(C)c(C(=O)N2N=C(c3ccc(N(C)S(=O)O)cc3)CC2c2ccco2)c(Cl)c1. The van der Waals surface area contributed by atoms with E-state index in [1.807, 2.05) is 38.1 Å². The van der Waals surface area contributed by atoms with Crippen LogP contribution < -0.4 is 4.31 Å². The average Bonchev–Trinajstić information content (AvgIpc) is 3.42. The van der Waals surface area contributed by atoms with Crippen molar-refractivity contribution in [2.24, 2.45) is 5.10 Å². The Labute approximate surface area is 193 Å². The van der Waals surface area contributed by atoms with Crippen molar-refractivity contribution in [1.82, 2.24) is 5.01 Å². The summed E-state index contributed by atoms with van der Waals surface area (Å²) >= 11 is 4.33. The number of rotatable bonds is 5. The molecule has 0 bridgehead atoms. The van der Waals surface area contributed by atoms with Crippen molar-refractivity contribution < 1.29 is 18.0 Å². The first kappa shape index (κ1) is 22.3. The predicted octanol–water partition coefficient (Wildman–Crippen LogP) is 5.11. The van der Waals surface area contributed by atoms with Crippen molar-refractivity contribution in [2.75, 3.05) is 11.4 Å². The van der Waals surface area contributed by atoms with E-state index in [0.29, 0.717) is 34.2 Å². The average molecular weight is 472 g/mol. The second-order valence-electron chi connectivity index (χ2n) is 7.65. The van der Waals surface area contributed by atoms with Crippen molar-refractivity contribution >= 4 is 40.2 Å². The van der Waals surface area contributed by atoms with E-state index in [1.165, 1.54) is 16.4 Å². The molecule has 2 heterocycles. The van der Waals surface area contributed by atoms with Crippen LogP contribution in [-0.4, -0.2) is 32.4 Å². The third-order valence-corrected chi connectivity index (χ3v) is 6.41. The van der Waals surface area contributed by atoms with Crippen LogP contribution in [0.4, 0.5) is 5.69 Å². The molecule has 0 saturated carbocycles. The monoisotopic (exact) mass is 471 g/mol. The summed E-state index contributed by atoms with van der Waals surface area (Å²) in [4.78, 5) is 13.5. The summed E-state index contributed by atoms with van der Waals surface area (Å²) in [6.45, 7) is 3.79. The lowest BCUT2D eigenvalue weighted by Gasteiger charge is -2.21. The van der Waals surface area contributed by atoms with Gasteiger partial charge in [0.1, 0.15) is 11.8 Å². The minimum absolute atomic E-state index is 0.295. The smallest absolute Gasteiger partial charge is 0.276 e. The number of furan rings is 1. The van der Waals surface area contributed by atoms with Gasteiger partial charge < -0.3 is 4.42 Å². The Hall–Kier alpha value is -2.94. The maximum atomic E-state index is 13.5. The highest BCUT2D eigenvalue weighted by molar-refractivity contribution is 7.80. The van der Waals surface area contributed by atoms with Crippen molar-refractivity contribution in [3.8, 4) is 0 Å². The molecular formula is C23H22ClN3O4S. The molecular weight excluding hydrogens is 450 g/mol. The van der Waals surface area contributed by atoms with Gasteiger partial charge in [0.05, 0.1) is 28.2 Å². The van der Waals surface area contributed by atoms with Gasteiger partial charge in [0.15, 0.2) is 0 Å². The van der Waals surface area contributed by atoms with Crippen LogP contribution >= 0.6 is 11.6 Å². The van der Waals surface area contributed by atoms with E-state index in [-0.39, 0.29) is 5.91 Å². The van der Waals surface area contributed by atoms with E-state index >= 15 is 0 Å². The first-order chi connectivity index (χ1) is 15.3. The summed E-state index contributed by atoms with van der Waals surface area (Å²) in [7, 11) is 1.53. The second kappa shape index (κ2) is 8.90. The summed E-state index contributed by atoms with van der Waals surface area (Å²) in [5, 5.41) is 6.46. The van der Waals surface area contributed by atoms with Crippen molar-refractivity contribution in [2.45, 2.75) is 26.3 Å². The van der Waals surface area contributed by atoms with Crippen LogP contribution in [-0.2, 0) is 11.3 Å². The number of hydrogen-bond donors (Lipinski definition) is 1. The highest BCUT2D eigenvalue weighted by Gasteiger charge is 2.36. The first-order valence-corrected chi connectivity index (χ1v) is 11.4. The number of aryl methyl sites for hydroxylation is 2. The normalized spacial score (nSPS) is 16.7. The number of hydrogen-bond acceptors (Lipinski definition) is 4. The van der Waals surface area contributed by atoms with Crippen molar-refractivity contribution in [3.63, 3.8) is 0 Å². The van der Waals surface area contributed by atoms with Crippen LogP contribution in [0, 0.1) is 13.8 Å². The van der Waals surface area contributed by atoms with Crippen LogP contribution in [0.5, 0.6) is 0 Å². The Morgan fingerprint density at radius 3 is 2.56 bits per heavy atom. The van der Waals surface area contributed by atoms with Crippen LogP contribution in [0.15, 0.2) is 64.3 Å². The molecule has 2 aromatic carbocycles. The van der Waals surface area contributed by atoms with Gasteiger partial charge in [-0.25, -0.2) is 9.22 Å². The van der Waals surface area contributed by atoms with Gasteiger partial charge in [-0.3, -0.25) is 13.7 Å². The Morgan fingerprint density at radius 2 is 1.97 bits per heavy atom. The highest BCUT2D eigenvalue weighted by atomic mass is 35.5. The van der Waals surface area contributed by atoms with Gasteiger partial charge in [-0.15, -0.1) is 0 Å². The van der Waals surface area contributed by atoms with Crippen molar-refractivity contribution in [3.05, 3.63) is 87.8 Å². The van der Waals surface area contributed by atoms with Gasteiger partial charge in [0, 0.05) is 13.5 Å². The second-order valence-corrected chi connectivity index (χ2v) is 9.06. The van der Waals surface area contributed by atoms with E-state index in [9.17, 15) is 13.6 Å². The number of hydrazone groups is 1. The Balaban J connectivity index is 1.71. The molecule has 0 spiro atoms. The number of halogens is 1. The maximum Gasteiger partial charge on any atom is 0.276 e.